The Labute approximate surface area is 106 Å². The van der Waals surface area contributed by atoms with Crippen molar-refractivity contribution >= 4 is 0 Å². The summed E-state index contributed by atoms with van der Waals surface area (Å²) in [5, 5.41) is 10.8. The second-order valence-electron chi connectivity index (χ2n) is 7.29. The first-order valence-corrected chi connectivity index (χ1v) is 7.92. The Hall–Kier alpha value is -0.0400. The van der Waals surface area contributed by atoms with Crippen LogP contribution in [0.25, 0.3) is 0 Å². The smallest absolute Gasteiger partial charge is 0.0650 e. The molecule has 1 N–H and O–H groups in total. The number of hydrogen-bond acceptors (Lipinski definition) is 1. The Kier molecular flexibility index (Phi) is 3.23. The maximum Gasteiger partial charge on any atom is 0.0650 e. The first kappa shape index (κ1) is 12.0. The van der Waals surface area contributed by atoms with Crippen LogP contribution >= 0.6 is 0 Å². The van der Waals surface area contributed by atoms with Crippen molar-refractivity contribution < 1.29 is 5.11 Å². The van der Waals surface area contributed by atoms with E-state index < -0.39 is 0 Å². The van der Waals surface area contributed by atoms with Crippen molar-refractivity contribution in [3.8, 4) is 0 Å². The summed E-state index contributed by atoms with van der Waals surface area (Å²) in [4.78, 5) is 0. The Bertz CT molecular complexity index is 249. The molecule has 0 heterocycles. The van der Waals surface area contributed by atoms with E-state index in [4.69, 9.17) is 0 Å². The van der Waals surface area contributed by atoms with E-state index >= 15 is 0 Å². The number of aliphatic hydroxyl groups is 1. The van der Waals surface area contributed by atoms with Crippen LogP contribution in [-0.2, 0) is 0 Å². The average molecular weight is 236 g/mol. The van der Waals surface area contributed by atoms with E-state index in [0.717, 1.165) is 25.2 Å². The van der Waals surface area contributed by atoms with Crippen LogP contribution in [0, 0.1) is 11.3 Å². The molecule has 0 aliphatic heterocycles. The minimum absolute atomic E-state index is 0.275. The van der Waals surface area contributed by atoms with Crippen LogP contribution in [0.5, 0.6) is 0 Å². The van der Waals surface area contributed by atoms with Crippen molar-refractivity contribution in [2.45, 2.75) is 89.1 Å². The summed E-state index contributed by atoms with van der Waals surface area (Å²) in [5.74, 6) is 0.845. The Morgan fingerprint density at radius 3 is 1.94 bits per heavy atom. The molecule has 0 radical (unpaired) electrons. The second-order valence-corrected chi connectivity index (χ2v) is 7.29. The minimum atomic E-state index is -0.275. The molecule has 17 heavy (non-hydrogen) atoms. The molecule has 3 aliphatic rings. The molecule has 1 heteroatoms. The quantitative estimate of drug-likeness (QED) is 0.752. The third kappa shape index (κ3) is 2.54. The Morgan fingerprint density at radius 2 is 1.35 bits per heavy atom. The van der Waals surface area contributed by atoms with Gasteiger partial charge in [0.25, 0.3) is 0 Å². The summed E-state index contributed by atoms with van der Waals surface area (Å²) < 4.78 is 0. The fraction of sp³-hybridized carbons (Fsp3) is 1.00. The van der Waals surface area contributed by atoms with Crippen molar-refractivity contribution in [2.24, 2.45) is 11.3 Å². The van der Waals surface area contributed by atoms with Gasteiger partial charge in [-0.2, -0.15) is 0 Å². The van der Waals surface area contributed by atoms with E-state index in [9.17, 15) is 5.11 Å². The minimum Gasteiger partial charge on any atom is -0.390 e. The second kappa shape index (κ2) is 4.57. The van der Waals surface area contributed by atoms with Crippen LogP contribution in [0.15, 0.2) is 0 Å². The molecule has 0 amide bonds. The molecule has 0 aromatic heterocycles. The summed E-state index contributed by atoms with van der Waals surface area (Å²) in [7, 11) is 0. The molecule has 3 saturated carbocycles. The third-order valence-corrected chi connectivity index (χ3v) is 6.05. The van der Waals surface area contributed by atoms with Gasteiger partial charge >= 0.3 is 0 Å². The van der Waals surface area contributed by atoms with E-state index in [2.05, 4.69) is 0 Å². The van der Waals surface area contributed by atoms with Crippen molar-refractivity contribution in [1.29, 1.82) is 0 Å². The molecule has 0 saturated heterocycles. The maximum atomic E-state index is 10.8. The lowest BCUT2D eigenvalue weighted by molar-refractivity contribution is -0.0490. The van der Waals surface area contributed by atoms with E-state index in [0.29, 0.717) is 5.41 Å². The highest BCUT2D eigenvalue weighted by molar-refractivity contribution is 4.96. The standard InChI is InChI=1S/C16H28O/c17-16(13-14-5-1-2-6-14)11-9-15(10-12-16)7-3-4-8-15/h14,17H,1-13H2. The van der Waals surface area contributed by atoms with E-state index in [1.807, 2.05) is 0 Å². The predicted molar refractivity (Wildman–Crippen MR) is 70.9 cm³/mol. The number of rotatable bonds is 2. The molecule has 0 unspecified atom stereocenters. The van der Waals surface area contributed by atoms with Crippen LogP contribution in [0.1, 0.15) is 83.5 Å². The van der Waals surface area contributed by atoms with Gasteiger partial charge in [-0.1, -0.05) is 38.5 Å². The zero-order valence-corrected chi connectivity index (χ0v) is 11.2. The van der Waals surface area contributed by atoms with Crippen molar-refractivity contribution in [1.82, 2.24) is 0 Å². The highest BCUT2D eigenvalue weighted by Gasteiger charge is 2.43. The van der Waals surface area contributed by atoms with Gasteiger partial charge in [-0.25, -0.2) is 0 Å². The first-order valence-electron chi connectivity index (χ1n) is 7.92. The van der Waals surface area contributed by atoms with E-state index in [-0.39, 0.29) is 5.60 Å². The zero-order chi connectivity index (χ0) is 11.8. The molecule has 0 aromatic rings. The third-order valence-electron chi connectivity index (χ3n) is 6.05. The van der Waals surface area contributed by atoms with Crippen LogP contribution in [0.3, 0.4) is 0 Å². The van der Waals surface area contributed by atoms with Crippen LogP contribution in [-0.4, -0.2) is 10.7 Å². The van der Waals surface area contributed by atoms with Crippen LogP contribution in [0.2, 0.25) is 0 Å². The molecule has 1 spiro atoms. The van der Waals surface area contributed by atoms with Gasteiger partial charge in [0.15, 0.2) is 0 Å². The summed E-state index contributed by atoms with van der Waals surface area (Å²) >= 11 is 0. The summed E-state index contributed by atoms with van der Waals surface area (Å²) in [6.45, 7) is 0. The zero-order valence-electron chi connectivity index (χ0n) is 11.2. The maximum absolute atomic E-state index is 10.8. The largest absolute Gasteiger partial charge is 0.390 e. The topological polar surface area (TPSA) is 20.2 Å². The van der Waals surface area contributed by atoms with E-state index in [1.54, 1.807) is 0 Å². The molecule has 1 nitrogen and oxygen atoms in total. The monoisotopic (exact) mass is 236 g/mol. The SMILES string of the molecule is OC1(CC2CCCC2)CCC2(CCCC2)CC1. The highest BCUT2D eigenvalue weighted by atomic mass is 16.3. The number of hydrogen-bond donors (Lipinski definition) is 1. The van der Waals surface area contributed by atoms with Gasteiger partial charge in [-0.05, 0) is 56.3 Å². The Balaban J connectivity index is 1.55. The predicted octanol–water partition coefficient (Wildman–Crippen LogP) is 4.43. The summed E-state index contributed by atoms with van der Waals surface area (Å²) in [6, 6.07) is 0. The average Bonchev–Trinajstić information content (AvgIpc) is 2.96. The molecule has 0 aromatic carbocycles. The van der Waals surface area contributed by atoms with Crippen molar-refractivity contribution in [3.63, 3.8) is 0 Å². The summed E-state index contributed by atoms with van der Waals surface area (Å²) in [5.41, 5.74) is 0.394. The van der Waals surface area contributed by atoms with Gasteiger partial charge in [0.2, 0.25) is 0 Å². The Morgan fingerprint density at radius 1 is 0.765 bits per heavy atom. The molecule has 98 valence electrons. The molecule has 3 rings (SSSR count). The van der Waals surface area contributed by atoms with Crippen LogP contribution < -0.4 is 0 Å². The highest BCUT2D eigenvalue weighted by Crippen LogP contribution is 2.52. The summed E-state index contributed by atoms with van der Waals surface area (Å²) in [6.07, 6.45) is 17.3. The molecular formula is C16H28O. The van der Waals surface area contributed by atoms with Gasteiger partial charge in [-0.3, -0.25) is 0 Å². The lowest BCUT2D eigenvalue weighted by atomic mass is 9.66. The van der Waals surface area contributed by atoms with E-state index in [1.165, 1.54) is 64.2 Å². The molecule has 3 fully saturated rings. The molecule has 3 aliphatic carbocycles. The van der Waals surface area contributed by atoms with Crippen molar-refractivity contribution in [2.75, 3.05) is 0 Å². The van der Waals surface area contributed by atoms with Gasteiger partial charge in [0.05, 0.1) is 5.60 Å². The molecular weight excluding hydrogens is 208 g/mol. The van der Waals surface area contributed by atoms with Crippen molar-refractivity contribution in [3.05, 3.63) is 0 Å². The van der Waals surface area contributed by atoms with Gasteiger partial charge in [0.1, 0.15) is 0 Å². The molecule has 0 bridgehead atoms. The lowest BCUT2D eigenvalue weighted by Crippen LogP contribution is -2.39. The van der Waals surface area contributed by atoms with Gasteiger partial charge in [0, 0.05) is 0 Å². The normalized spacial score (nSPS) is 32.3. The molecule has 0 atom stereocenters. The van der Waals surface area contributed by atoms with Crippen LogP contribution in [0.4, 0.5) is 0 Å². The fourth-order valence-corrected chi connectivity index (χ4v) is 4.83. The fourth-order valence-electron chi connectivity index (χ4n) is 4.83. The van der Waals surface area contributed by atoms with Gasteiger partial charge < -0.3 is 5.11 Å². The first-order chi connectivity index (χ1) is 8.20. The lowest BCUT2D eigenvalue weighted by Gasteiger charge is -2.43. The van der Waals surface area contributed by atoms with Gasteiger partial charge in [-0.15, -0.1) is 0 Å².